The summed E-state index contributed by atoms with van der Waals surface area (Å²) < 4.78 is 0. The van der Waals surface area contributed by atoms with Gasteiger partial charge in [0, 0.05) is 23.8 Å². The zero-order valence-electron chi connectivity index (χ0n) is 9.45. The van der Waals surface area contributed by atoms with E-state index in [0.717, 1.165) is 24.3 Å². The topological polar surface area (TPSA) is 16.1 Å². The average molecular weight is 291 g/mol. The van der Waals surface area contributed by atoms with Gasteiger partial charge in [-0.2, -0.15) is 0 Å². The molecule has 1 atom stereocenters. The highest BCUT2D eigenvalue weighted by atomic mass is 79.9. The summed E-state index contributed by atoms with van der Waals surface area (Å²) in [6, 6.07) is 0. The summed E-state index contributed by atoms with van der Waals surface area (Å²) in [5.74, 6) is 0.763. The number of hydrogen-bond acceptors (Lipinski definition) is 3. The fourth-order valence-electron chi connectivity index (χ4n) is 1.72. The molecular formula is C11H19BrN2S. The molecule has 0 fully saturated rings. The van der Waals surface area contributed by atoms with Gasteiger partial charge in [-0.1, -0.05) is 29.3 Å². The van der Waals surface area contributed by atoms with Crippen LogP contribution in [0.5, 0.6) is 0 Å². The third kappa shape index (κ3) is 5.09. The number of halogens is 1. The molecule has 0 radical (unpaired) electrons. The molecule has 0 aliphatic heterocycles. The highest BCUT2D eigenvalue weighted by Crippen LogP contribution is 2.12. The molecule has 0 spiro atoms. The number of nitrogens with zero attached hydrogens (tertiary/aromatic N) is 2. The van der Waals surface area contributed by atoms with Crippen molar-refractivity contribution in [2.24, 2.45) is 5.92 Å². The maximum Gasteiger partial charge on any atom is 0.0795 e. The quantitative estimate of drug-likeness (QED) is 0.716. The highest BCUT2D eigenvalue weighted by Gasteiger charge is 2.10. The lowest BCUT2D eigenvalue weighted by molar-refractivity contribution is 0.271. The van der Waals surface area contributed by atoms with Crippen molar-refractivity contribution < 1.29 is 0 Å². The smallest absolute Gasteiger partial charge is 0.0795 e. The van der Waals surface area contributed by atoms with Gasteiger partial charge in [0.15, 0.2) is 0 Å². The third-order valence-electron chi connectivity index (χ3n) is 2.40. The number of thiazole rings is 1. The van der Waals surface area contributed by atoms with E-state index < -0.39 is 0 Å². The molecule has 1 heterocycles. The van der Waals surface area contributed by atoms with E-state index in [1.165, 1.54) is 18.5 Å². The van der Waals surface area contributed by atoms with Crippen LogP contribution in [0.25, 0.3) is 0 Å². The molecule has 1 rings (SSSR count). The van der Waals surface area contributed by atoms with Gasteiger partial charge < -0.3 is 4.90 Å². The molecule has 1 aromatic heterocycles. The minimum Gasteiger partial charge on any atom is -0.300 e. The Labute approximate surface area is 105 Å². The first-order valence-corrected chi connectivity index (χ1v) is 7.44. The summed E-state index contributed by atoms with van der Waals surface area (Å²) in [6.07, 6.45) is 2.56. The number of rotatable bonds is 7. The lowest BCUT2D eigenvalue weighted by Gasteiger charge is -2.21. The van der Waals surface area contributed by atoms with E-state index in [1.54, 1.807) is 11.3 Å². The van der Waals surface area contributed by atoms with Crippen molar-refractivity contribution >= 4 is 27.3 Å². The molecule has 15 heavy (non-hydrogen) atoms. The van der Waals surface area contributed by atoms with E-state index in [9.17, 15) is 0 Å². The number of aromatic nitrogens is 1. The molecule has 1 aromatic rings. The standard InChI is InChI=1S/C11H19BrN2S/c1-3-4-10(5-12)6-14(2)7-11-8-15-9-13-11/h8-10H,3-7H2,1-2H3. The Morgan fingerprint density at radius 2 is 2.40 bits per heavy atom. The molecule has 2 nitrogen and oxygen atoms in total. The van der Waals surface area contributed by atoms with Crippen LogP contribution in [0.4, 0.5) is 0 Å². The molecule has 0 N–H and O–H groups in total. The van der Waals surface area contributed by atoms with E-state index in [4.69, 9.17) is 0 Å². The van der Waals surface area contributed by atoms with E-state index >= 15 is 0 Å². The fourth-order valence-corrected chi connectivity index (χ4v) is 2.80. The summed E-state index contributed by atoms with van der Waals surface area (Å²) >= 11 is 5.25. The summed E-state index contributed by atoms with van der Waals surface area (Å²) in [5, 5.41) is 3.22. The van der Waals surface area contributed by atoms with Crippen LogP contribution in [-0.4, -0.2) is 28.8 Å². The first kappa shape index (κ1) is 13.1. The van der Waals surface area contributed by atoms with Gasteiger partial charge in [-0.3, -0.25) is 0 Å². The Morgan fingerprint density at radius 1 is 1.60 bits per heavy atom. The maximum atomic E-state index is 4.30. The van der Waals surface area contributed by atoms with Crippen LogP contribution in [0, 0.1) is 5.92 Å². The first-order valence-electron chi connectivity index (χ1n) is 5.37. The van der Waals surface area contributed by atoms with Crippen LogP contribution >= 0.6 is 27.3 Å². The Kier molecular flexibility index (Phi) is 6.45. The first-order chi connectivity index (χ1) is 7.26. The predicted molar refractivity (Wildman–Crippen MR) is 70.6 cm³/mol. The Morgan fingerprint density at radius 3 is 2.93 bits per heavy atom. The SMILES string of the molecule is CCCC(CBr)CN(C)Cc1cscn1. The summed E-state index contributed by atoms with van der Waals surface area (Å²) in [5.41, 5.74) is 3.09. The van der Waals surface area contributed by atoms with Crippen molar-refractivity contribution in [1.29, 1.82) is 0 Å². The van der Waals surface area contributed by atoms with Crippen LogP contribution < -0.4 is 0 Å². The van der Waals surface area contributed by atoms with Crippen LogP contribution in [-0.2, 0) is 6.54 Å². The maximum absolute atomic E-state index is 4.30. The lowest BCUT2D eigenvalue weighted by atomic mass is 10.1. The van der Waals surface area contributed by atoms with Gasteiger partial charge in [0.1, 0.15) is 0 Å². The normalized spacial score (nSPS) is 13.3. The second kappa shape index (κ2) is 7.36. The molecule has 0 aliphatic carbocycles. The highest BCUT2D eigenvalue weighted by molar-refractivity contribution is 9.09. The van der Waals surface area contributed by atoms with Crippen molar-refractivity contribution in [3.63, 3.8) is 0 Å². The minimum absolute atomic E-state index is 0.763. The van der Waals surface area contributed by atoms with Gasteiger partial charge >= 0.3 is 0 Å². The summed E-state index contributed by atoms with van der Waals surface area (Å²) in [4.78, 5) is 6.66. The summed E-state index contributed by atoms with van der Waals surface area (Å²) in [7, 11) is 2.17. The van der Waals surface area contributed by atoms with Gasteiger partial charge in [0.05, 0.1) is 11.2 Å². The molecule has 0 aromatic carbocycles. The van der Waals surface area contributed by atoms with Crippen molar-refractivity contribution in [3.8, 4) is 0 Å². The largest absolute Gasteiger partial charge is 0.300 e. The van der Waals surface area contributed by atoms with Crippen molar-refractivity contribution in [3.05, 3.63) is 16.6 Å². The molecule has 4 heteroatoms. The molecule has 86 valence electrons. The zero-order chi connectivity index (χ0) is 11.1. The lowest BCUT2D eigenvalue weighted by Crippen LogP contribution is -2.26. The molecule has 0 saturated carbocycles. The van der Waals surface area contributed by atoms with Crippen molar-refractivity contribution in [2.45, 2.75) is 26.3 Å². The van der Waals surface area contributed by atoms with Gasteiger partial charge in [-0.25, -0.2) is 4.98 Å². The van der Waals surface area contributed by atoms with Gasteiger partial charge in [-0.15, -0.1) is 11.3 Å². The van der Waals surface area contributed by atoms with E-state index in [2.05, 4.69) is 45.2 Å². The summed E-state index contributed by atoms with van der Waals surface area (Å²) in [6.45, 7) is 4.36. The number of hydrogen-bond donors (Lipinski definition) is 0. The van der Waals surface area contributed by atoms with Gasteiger partial charge in [0.25, 0.3) is 0 Å². The van der Waals surface area contributed by atoms with Crippen molar-refractivity contribution in [1.82, 2.24) is 9.88 Å². The Balaban J connectivity index is 2.30. The molecular weight excluding hydrogens is 272 g/mol. The second-order valence-corrected chi connectivity index (χ2v) is 5.35. The molecule has 0 amide bonds. The predicted octanol–water partition coefficient (Wildman–Crippen LogP) is 3.39. The molecule has 0 bridgehead atoms. The average Bonchev–Trinajstić information content (AvgIpc) is 2.69. The van der Waals surface area contributed by atoms with Gasteiger partial charge in [0.2, 0.25) is 0 Å². The van der Waals surface area contributed by atoms with E-state index in [0.29, 0.717) is 0 Å². The third-order valence-corrected chi connectivity index (χ3v) is 3.95. The zero-order valence-corrected chi connectivity index (χ0v) is 11.9. The minimum atomic E-state index is 0.763. The van der Waals surface area contributed by atoms with Crippen LogP contribution in [0.2, 0.25) is 0 Å². The Bertz CT molecular complexity index is 251. The van der Waals surface area contributed by atoms with Gasteiger partial charge in [-0.05, 0) is 19.4 Å². The second-order valence-electron chi connectivity index (χ2n) is 3.99. The van der Waals surface area contributed by atoms with Crippen LogP contribution in [0.3, 0.4) is 0 Å². The van der Waals surface area contributed by atoms with Crippen molar-refractivity contribution in [2.75, 3.05) is 18.9 Å². The fraction of sp³-hybridized carbons (Fsp3) is 0.727. The van der Waals surface area contributed by atoms with Crippen LogP contribution in [0.1, 0.15) is 25.5 Å². The number of alkyl halides is 1. The monoisotopic (exact) mass is 290 g/mol. The van der Waals surface area contributed by atoms with E-state index in [-0.39, 0.29) is 0 Å². The Hall–Kier alpha value is 0.0700. The molecule has 0 aliphatic rings. The van der Waals surface area contributed by atoms with Crippen LogP contribution in [0.15, 0.2) is 10.9 Å². The van der Waals surface area contributed by atoms with E-state index in [1.807, 2.05) is 5.51 Å². The molecule has 0 saturated heterocycles. The molecule has 1 unspecified atom stereocenters.